The van der Waals surface area contributed by atoms with Crippen LogP contribution in [0, 0.1) is 12.8 Å². The Morgan fingerprint density at radius 3 is 2.65 bits per heavy atom. The molecule has 0 bridgehead atoms. The van der Waals surface area contributed by atoms with Crippen LogP contribution in [0.4, 0.5) is 5.69 Å². The summed E-state index contributed by atoms with van der Waals surface area (Å²) in [5.41, 5.74) is 2.45. The molecular formula is C14H18BrNO. The standard InChI is InChI=1S/C14H18BrNO/c1-9-6-12(15)8-13(7-9)16-5-4-14(17)10(2)11(16)3/h6-8,10-11H,4-5H2,1-3H3. The average molecular weight is 296 g/mol. The first-order valence-electron chi connectivity index (χ1n) is 6.05. The quantitative estimate of drug-likeness (QED) is 0.789. The Morgan fingerprint density at radius 1 is 1.29 bits per heavy atom. The molecule has 2 atom stereocenters. The van der Waals surface area contributed by atoms with E-state index in [2.05, 4.69) is 52.9 Å². The highest BCUT2D eigenvalue weighted by atomic mass is 79.9. The number of hydrogen-bond acceptors (Lipinski definition) is 2. The number of carbonyl (C=O) groups excluding carboxylic acids is 1. The molecule has 2 rings (SSSR count). The third kappa shape index (κ3) is 2.54. The minimum Gasteiger partial charge on any atom is -0.368 e. The van der Waals surface area contributed by atoms with Crippen molar-refractivity contribution in [1.29, 1.82) is 0 Å². The number of aryl methyl sites for hydroxylation is 1. The van der Waals surface area contributed by atoms with Gasteiger partial charge in [0.2, 0.25) is 0 Å². The number of hydrogen-bond donors (Lipinski definition) is 0. The first-order valence-corrected chi connectivity index (χ1v) is 6.85. The lowest BCUT2D eigenvalue weighted by atomic mass is 9.90. The molecule has 2 unspecified atom stereocenters. The van der Waals surface area contributed by atoms with Crippen LogP contribution >= 0.6 is 15.9 Å². The second-order valence-corrected chi connectivity index (χ2v) is 5.84. The number of rotatable bonds is 1. The predicted octanol–water partition coefficient (Wildman–Crippen LogP) is 3.56. The molecule has 2 nitrogen and oxygen atoms in total. The van der Waals surface area contributed by atoms with Gasteiger partial charge >= 0.3 is 0 Å². The SMILES string of the molecule is Cc1cc(Br)cc(N2CCC(=O)C(C)C2C)c1. The Labute approximate surface area is 111 Å². The van der Waals surface area contributed by atoms with E-state index in [0.717, 1.165) is 11.0 Å². The van der Waals surface area contributed by atoms with Crippen molar-refractivity contribution in [3.8, 4) is 0 Å². The van der Waals surface area contributed by atoms with E-state index in [-0.39, 0.29) is 12.0 Å². The number of benzene rings is 1. The molecule has 0 aliphatic carbocycles. The van der Waals surface area contributed by atoms with Gasteiger partial charge in [-0.05, 0) is 37.6 Å². The van der Waals surface area contributed by atoms with Crippen LogP contribution in [0.1, 0.15) is 25.8 Å². The smallest absolute Gasteiger partial charge is 0.139 e. The number of carbonyl (C=O) groups is 1. The summed E-state index contributed by atoms with van der Waals surface area (Å²) in [6.45, 7) is 7.10. The molecule has 0 aromatic heterocycles. The number of halogens is 1. The molecular weight excluding hydrogens is 278 g/mol. The van der Waals surface area contributed by atoms with Crippen LogP contribution in [-0.4, -0.2) is 18.4 Å². The zero-order valence-corrected chi connectivity index (χ0v) is 12.1. The maximum absolute atomic E-state index is 11.7. The summed E-state index contributed by atoms with van der Waals surface area (Å²) in [6.07, 6.45) is 0.664. The van der Waals surface area contributed by atoms with Crippen molar-refractivity contribution in [2.24, 2.45) is 5.92 Å². The molecule has 1 fully saturated rings. The molecule has 1 aliphatic rings. The van der Waals surface area contributed by atoms with Crippen LogP contribution in [0.15, 0.2) is 22.7 Å². The molecule has 0 radical (unpaired) electrons. The number of ketones is 1. The molecule has 1 saturated heterocycles. The van der Waals surface area contributed by atoms with Gasteiger partial charge in [-0.25, -0.2) is 0 Å². The highest BCUT2D eigenvalue weighted by Crippen LogP contribution is 2.29. The Hall–Kier alpha value is -0.830. The zero-order valence-electron chi connectivity index (χ0n) is 10.5. The highest BCUT2D eigenvalue weighted by Gasteiger charge is 2.30. The van der Waals surface area contributed by atoms with E-state index in [1.54, 1.807) is 0 Å². The summed E-state index contributed by atoms with van der Waals surface area (Å²) in [4.78, 5) is 14.0. The number of piperidine rings is 1. The second-order valence-electron chi connectivity index (χ2n) is 4.93. The monoisotopic (exact) mass is 295 g/mol. The van der Waals surface area contributed by atoms with Crippen LogP contribution in [0.3, 0.4) is 0 Å². The largest absolute Gasteiger partial charge is 0.368 e. The van der Waals surface area contributed by atoms with Crippen LogP contribution in [-0.2, 0) is 4.79 Å². The Kier molecular flexibility index (Phi) is 3.57. The van der Waals surface area contributed by atoms with Gasteiger partial charge in [0.05, 0.1) is 0 Å². The van der Waals surface area contributed by atoms with Crippen molar-refractivity contribution in [2.75, 3.05) is 11.4 Å². The minimum atomic E-state index is 0.128. The number of Topliss-reactive ketones (excluding diaryl/α,β-unsaturated/α-hetero) is 1. The molecule has 0 spiro atoms. The van der Waals surface area contributed by atoms with E-state index in [4.69, 9.17) is 0 Å². The second kappa shape index (κ2) is 4.81. The third-order valence-electron chi connectivity index (χ3n) is 3.68. The maximum Gasteiger partial charge on any atom is 0.139 e. The molecule has 1 aromatic carbocycles. The van der Waals surface area contributed by atoms with Crippen molar-refractivity contribution >= 4 is 27.4 Å². The predicted molar refractivity (Wildman–Crippen MR) is 74.5 cm³/mol. The van der Waals surface area contributed by atoms with E-state index in [1.807, 2.05) is 6.92 Å². The van der Waals surface area contributed by atoms with E-state index >= 15 is 0 Å². The van der Waals surface area contributed by atoms with Gasteiger partial charge in [0.1, 0.15) is 5.78 Å². The van der Waals surface area contributed by atoms with Gasteiger partial charge in [0.15, 0.2) is 0 Å². The molecule has 3 heteroatoms. The van der Waals surface area contributed by atoms with Crippen LogP contribution in [0.5, 0.6) is 0 Å². The lowest BCUT2D eigenvalue weighted by Gasteiger charge is -2.39. The molecule has 0 amide bonds. The molecule has 1 aliphatic heterocycles. The van der Waals surface area contributed by atoms with E-state index < -0.39 is 0 Å². The zero-order chi connectivity index (χ0) is 12.6. The van der Waals surface area contributed by atoms with Gasteiger partial charge in [-0.1, -0.05) is 22.9 Å². The molecule has 1 heterocycles. The summed E-state index contributed by atoms with van der Waals surface area (Å²) in [5.74, 6) is 0.517. The van der Waals surface area contributed by atoms with E-state index in [0.29, 0.717) is 12.2 Å². The normalized spacial score (nSPS) is 25.2. The summed E-state index contributed by atoms with van der Waals surface area (Å²) in [6, 6.07) is 6.70. The Bertz CT molecular complexity index is 424. The number of nitrogens with zero attached hydrogens (tertiary/aromatic N) is 1. The first-order chi connectivity index (χ1) is 7.99. The van der Waals surface area contributed by atoms with Crippen LogP contribution in [0.25, 0.3) is 0 Å². The fraction of sp³-hybridized carbons (Fsp3) is 0.500. The fourth-order valence-electron chi connectivity index (χ4n) is 2.45. The third-order valence-corrected chi connectivity index (χ3v) is 4.14. The fourth-order valence-corrected chi connectivity index (χ4v) is 3.04. The summed E-state index contributed by atoms with van der Waals surface area (Å²) < 4.78 is 1.10. The highest BCUT2D eigenvalue weighted by molar-refractivity contribution is 9.10. The summed E-state index contributed by atoms with van der Waals surface area (Å²) in [5, 5.41) is 0. The van der Waals surface area contributed by atoms with Gasteiger partial charge in [-0.2, -0.15) is 0 Å². The van der Waals surface area contributed by atoms with Crippen molar-refractivity contribution in [2.45, 2.75) is 33.2 Å². The number of anilines is 1. The van der Waals surface area contributed by atoms with Crippen LogP contribution in [0.2, 0.25) is 0 Å². The molecule has 0 N–H and O–H groups in total. The van der Waals surface area contributed by atoms with Gasteiger partial charge in [-0.3, -0.25) is 4.79 Å². The van der Waals surface area contributed by atoms with Crippen molar-refractivity contribution in [1.82, 2.24) is 0 Å². The van der Waals surface area contributed by atoms with Crippen LogP contribution < -0.4 is 4.90 Å². The molecule has 0 saturated carbocycles. The lowest BCUT2D eigenvalue weighted by molar-refractivity contribution is -0.123. The Balaban J connectivity index is 2.30. The summed E-state index contributed by atoms with van der Waals surface area (Å²) in [7, 11) is 0. The van der Waals surface area contributed by atoms with Crippen molar-refractivity contribution in [3.63, 3.8) is 0 Å². The summed E-state index contributed by atoms with van der Waals surface area (Å²) >= 11 is 3.53. The Morgan fingerprint density at radius 2 is 2.00 bits per heavy atom. The minimum absolute atomic E-state index is 0.128. The van der Waals surface area contributed by atoms with Gasteiger partial charge in [-0.15, -0.1) is 0 Å². The van der Waals surface area contributed by atoms with Crippen molar-refractivity contribution in [3.05, 3.63) is 28.2 Å². The molecule has 17 heavy (non-hydrogen) atoms. The van der Waals surface area contributed by atoms with Crippen molar-refractivity contribution < 1.29 is 4.79 Å². The van der Waals surface area contributed by atoms with Gasteiger partial charge in [0, 0.05) is 35.1 Å². The van der Waals surface area contributed by atoms with E-state index in [1.165, 1.54) is 11.3 Å². The van der Waals surface area contributed by atoms with Gasteiger partial charge < -0.3 is 4.90 Å². The first kappa shape index (κ1) is 12.6. The van der Waals surface area contributed by atoms with Gasteiger partial charge in [0.25, 0.3) is 0 Å². The van der Waals surface area contributed by atoms with E-state index in [9.17, 15) is 4.79 Å². The average Bonchev–Trinajstić information content (AvgIpc) is 2.24. The topological polar surface area (TPSA) is 20.3 Å². The lowest BCUT2D eigenvalue weighted by Crippen LogP contribution is -2.47. The molecule has 1 aromatic rings. The maximum atomic E-state index is 11.7. The molecule has 92 valence electrons.